The molecule has 21 heavy (non-hydrogen) atoms. The Morgan fingerprint density at radius 3 is 3.14 bits per heavy atom. The first-order chi connectivity index (χ1) is 10.3. The van der Waals surface area contributed by atoms with Crippen molar-refractivity contribution in [1.29, 1.82) is 0 Å². The number of hydrogen-bond acceptors (Lipinski definition) is 5. The Hall–Kier alpha value is -2.28. The molecule has 3 heterocycles. The van der Waals surface area contributed by atoms with Gasteiger partial charge >= 0.3 is 0 Å². The van der Waals surface area contributed by atoms with Gasteiger partial charge in [-0.05, 0) is 11.6 Å². The van der Waals surface area contributed by atoms with E-state index in [1.807, 2.05) is 23.2 Å². The zero-order valence-corrected chi connectivity index (χ0v) is 11.7. The van der Waals surface area contributed by atoms with E-state index in [0.29, 0.717) is 13.0 Å². The van der Waals surface area contributed by atoms with Gasteiger partial charge in [0.2, 0.25) is 5.91 Å². The van der Waals surface area contributed by atoms with Crippen molar-refractivity contribution in [2.24, 2.45) is 0 Å². The number of hydrogen-bond donors (Lipinski definition) is 1. The number of piperazine rings is 1. The van der Waals surface area contributed by atoms with Crippen LogP contribution in [0.15, 0.2) is 36.9 Å². The largest absolute Gasteiger partial charge is 0.333 e. The Morgan fingerprint density at radius 2 is 2.38 bits per heavy atom. The molecule has 1 aliphatic rings. The third kappa shape index (κ3) is 3.25. The van der Waals surface area contributed by atoms with Gasteiger partial charge in [0.1, 0.15) is 0 Å². The van der Waals surface area contributed by atoms with Gasteiger partial charge in [0.05, 0.1) is 18.8 Å². The summed E-state index contributed by atoms with van der Waals surface area (Å²) in [6, 6.07) is 3.97. The molecule has 0 spiro atoms. The highest BCUT2D eigenvalue weighted by atomic mass is 16.2. The first kappa shape index (κ1) is 13.7. The molecule has 0 radical (unpaired) electrons. The summed E-state index contributed by atoms with van der Waals surface area (Å²) in [6.07, 6.45) is 7.39. The van der Waals surface area contributed by atoms with E-state index >= 15 is 0 Å². The summed E-state index contributed by atoms with van der Waals surface area (Å²) in [6.45, 7) is 2.87. The van der Waals surface area contributed by atoms with Crippen LogP contribution >= 0.6 is 0 Å². The maximum atomic E-state index is 12.5. The lowest BCUT2D eigenvalue weighted by atomic mass is 10.0. The van der Waals surface area contributed by atoms with E-state index in [1.165, 1.54) is 0 Å². The predicted molar refractivity (Wildman–Crippen MR) is 76.2 cm³/mol. The lowest BCUT2D eigenvalue weighted by molar-refractivity contribution is -0.134. The summed E-state index contributed by atoms with van der Waals surface area (Å²) < 4.78 is 1.68. The Kier molecular flexibility index (Phi) is 4.20. The molecule has 1 saturated heterocycles. The minimum Gasteiger partial charge on any atom is -0.333 e. The summed E-state index contributed by atoms with van der Waals surface area (Å²) in [4.78, 5) is 18.6. The number of nitrogens with one attached hydrogen (secondary N) is 1. The molecule has 0 aromatic carbocycles. The lowest BCUT2D eigenvalue weighted by Gasteiger charge is -2.36. The minimum absolute atomic E-state index is 0.0516. The van der Waals surface area contributed by atoms with Crippen LogP contribution in [0.1, 0.15) is 18.0 Å². The van der Waals surface area contributed by atoms with Crippen LogP contribution in [-0.2, 0) is 11.3 Å². The molecule has 1 N–H and O–H groups in total. The van der Waals surface area contributed by atoms with Gasteiger partial charge < -0.3 is 10.2 Å². The smallest absolute Gasteiger partial charge is 0.225 e. The number of amides is 1. The van der Waals surface area contributed by atoms with Gasteiger partial charge in [0, 0.05) is 44.6 Å². The quantitative estimate of drug-likeness (QED) is 0.871. The molecule has 1 fully saturated rings. The number of aryl methyl sites for hydroxylation is 1. The Bertz CT molecular complexity index is 570. The zero-order chi connectivity index (χ0) is 14.5. The molecule has 2 aromatic heterocycles. The number of carbonyl (C=O) groups is 1. The van der Waals surface area contributed by atoms with E-state index in [-0.39, 0.29) is 11.9 Å². The first-order valence-corrected chi connectivity index (χ1v) is 7.09. The highest BCUT2D eigenvalue weighted by Crippen LogP contribution is 2.22. The number of pyridine rings is 1. The van der Waals surface area contributed by atoms with Crippen molar-refractivity contribution >= 4 is 5.91 Å². The van der Waals surface area contributed by atoms with Crippen molar-refractivity contribution in [3.05, 3.63) is 42.5 Å². The number of aromatic nitrogens is 4. The Morgan fingerprint density at radius 1 is 1.43 bits per heavy atom. The predicted octanol–water partition coefficient (Wildman–Crippen LogP) is 0.236. The Balaban J connectivity index is 1.67. The second-order valence-electron chi connectivity index (χ2n) is 5.01. The maximum Gasteiger partial charge on any atom is 0.225 e. The Labute approximate surface area is 123 Å². The highest BCUT2D eigenvalue weighted by molar-refractivity contribution is 5.76. The molecule has 0 bridgehead atoms. The van der Waals surface area contributed by atoms with Crippen molar-refractivity contribution in [1.82, 2.24) is 30.2 Å². The van der Waals surface area contributed by atoms with E-state index in [9.17, 15) is 4.79 Å². The molecular weight excluding hydrogens is 268 g/mol. The van der Waals surface area contributed by atoms with E-state index in [1.54, 1.807) is 23.3 Å². The fourth-order valence-electron chi connectivity index (χ4n) is 2.58. The van der Waals surface area contributed by atoms with E-state index in [0.717, 1.165) is 25.2 Å². The summed E-state index contributed by atoms with van der Waals surface area (Å²) in [5, 5.41) is 11.0. The normalized spacial score (nSPS) is 18.7. The van der Waals surface area contributed by atoms with Crippen LogP contribution in [0.5, 0.6) is 0 Å². The van der Waals surface area contributed by atoms with Gasteiger partial charge in [-0.3, -0.25) is 14.5 Å². The molecule has 1 amide bonds. The van der Waals surface area contributed by atoms with Crippen LogP contribution < -0.4 is 5.32 Å². The second kappa shape index (κ2) is 6.45. The summed E-state index contributed by atoms with van der Waals surface area (Å²) in [7, 11) is 0. The summed E-state index contributed by atoms with van der Waals surface area (Å²) in [5.41, 5.74) is 1.07. The molecule has 0 saturated carbocycles. The van der Waals surface area contributed by atoms with Crippen molar-refractivity contribution in [2.45, 2.75) is 19.0 Å². The third-order valence-electron chi connectivity index (χ3n) is 3.66. The average molecular weight is 286 g/mol. The standard InChI is InChI=1S/C14H18N6O/c21-14(3-7-19-8-6-17-18-19)20-9-5-16-11-13(20)12-2-1-4-15-10-12/h1-2,4,6,8,10,13,16H,3,5,7,9,11H2. The van der Waals surface area contributed by atoms with Crippen LogP contribution in [0.2, 0.25) is 0 Å². The van der Waals surface area contributed by atoms with Gasteiger partial charge in [-0.1, -0.05) is 11.3 Å². The van der Waals surface area contributed by atoms with Gasteiger partial charge in [-0.15, -0.1) is 5.10 Å². The minimum atomic E-state index is 0.0516. The second-order valence-corrected chi connectivity index (χ2v) is 5.01. The van der Waals surface area contributed by atoms with Gasteiger partial charge in [-0.2, -0.15) is 0 Å². The topological polar surface area (TPSA) is 75.9 Å². The summed E-state index contributed by atoms with van der Waals surface area (Å²) >= 11 is 0. The molecule has 1 unspecified atom stereocenters. The van der Waals surface area contributed by atoms with E-state index in [2.05, 4.69) is 20.6 Å². The number of carbonyl (C=O) groups excluding carboxylic acids is 1. The van der Waals surface area contributed by atoms with Crippen LogP contribution in [-0.4, -0.2) is 50.4 Å². The molecule has 0 aliphatic carbocycles. The SMILES string of the molecule is O=C(CCn1ccnn1)N1CCNCC1c1cccnc1. The molecule has 7 nitrogen and oxygen atoms in total. The fourth-order valence-corrected chi connectivity index (χ4v) is 2.58. The molecule has 3 rings (SSSR count). The van der Waals surface area contributed by atoms with Crippen molar-refractivity contribution < 1.29 is 4.79 Å². The summed E-state index contributed by atoms with van der Waals surface area (Å²) in [5.74, 6) is 0.140. The van der Waals surface area contributed by atoms with Crippen LogP contribution in [0.25, 0.3) is 0 Å². The van der Waals surface area contributed by atoms with Crippen LogP contribution in [0, 0.1) is 0 Å². The van der Waals surface area contributed by atoms with Gasteiger partial charge in [-0.25, -0.2) is 0 Å². The molecule has 110 valence electrons. The fraction of sp³-hybridized carbons (Fsp3) is 0.429. The van der Waals surface area contributed by atoms with Gasteiger partial charge in [0.25, 0.3) is 0 Å². The highest BCUT2D eigenvalue weighted by Gasteiger charge is 2.27. The molecule has 2 aromatic rings. The molecular formula is C14H18N6O. The zero-order valence-electron chi connectivity index (χ0n) is 11.7. The lowest BCUT2D eigenvalue weighted by Crippen LogP contribution is -2.48. The third-order valence-corrected chi connectivity index (χ3v) is 3.66. The monoisotopic (exact) mass is 286 g/mol. The average Bonchev–Trinajstić information content (AvgIpc) is 3.07. The van der Waals surface area contributed by atoms with Crippen molar-refractivity contribution in [3.63, 3.8) is 0 Å². The van der Waals surface area contributed by atoms with Gasteiger partial charge in [0.15, 0.2) is 0 Å². The van der Waals surface area contributed by atoms with Crippen LogP contribution in [0.3, 0.4) is 0 Å². The molecule has 7 heteroatoms. The first-order valence-electron chi connectivity index (χ1n) is 7.09. The van der Waals surface area contributed by atoms with Crippen molar-refractivity contribution in [2.75, 3.05) is 19.6 Å². The molecule has 1 aliphatic heterocycles. The van der Waals surface area contributed by atoms with E-state index in [4.69, 9.17) is 0 Å². The van der Waals surface area contributed by atoms with Crippen molar-refractivity contribution in [3.8, 4) is 0 Å². The maximum absolute atomic E-state index is 12.5. The van der Waals surface area contributed by atoms with E-state index < -0.39 is 0 Å². The molecule has 1 atom stereocenters. The van der Waals surface area contributed by atoms with Crippen LogP contribution in [0.4, 0.5) is 0 Å². The number of nitrogens with zero attached hydrogens (tertiary/aromatic N) is 5. The number of rotatable bonds is 4.